The molecule has 1 aromatic rings. The van der Waals surface area contributed by atoms with Gasteiger partial charge < -0.3 is 10.1 Å². The molecule has 5 nitrogen and oxygen atoms in total. The predicted molar refractivity (Wildman–Crippen MR) is 69.0 cm³/mol. The monoisotopic (exact) mass is 364 g/mol. The zero-order valence-electron chi connectivity index (χ0n) is 8.94. The largest absolute Gasteiger partial charge is 0.468 e. The number of hydrogen-bond acceptors (Lipinski definition) is 4. The lowest BCUT2D eigenvalue weighted by Crippen LogP contribution is -2.34. The Morgan fingerprint density at radius 2 is 2.29 bits per heavy atom. The van der Waals surface area contributed by atoms with Crippen molar-refractivity contribution in [2.45, 2.75) is 4.83 Å². The number of ether oxygens (including phenoxy) is 1. The normalized spacial score (nSPS) is 11.7. The maximum Gasteiger partial charge on any atom is 0.321 e. The summed E-state index contributed by atoms with van der Waals surface area (Å²) in [5, 5.41) is 2.58. The van der Waals surface area contributed by atoms with Crippen LogP contribution in [0, 0.1) is 0 Å². The molecule has 0 bridgehead atoms. The van der Waals surface area contributed by atoms with Crippen molar-refractivity contribution < 1.29 is 14.3 Å². The molecule has 1 N–H and O–H groups in total. The molecule has 0 saturated heterocycles. The molecule has 0 saturated carbocycles. The van der Waals surface area contributed by atoms with Crippen molar-refractivity contribution in [2.75, 3.05) is 13.7 Å². The Labute approximate surface area is 115 Å². The fraction of sp³-hybridized carbons (Fsp3) is 0.300. The Bertz CT molecular complexity index is 426. The van der Waals surface area contributed by atoms with Crippen LogP contribution in [0.15, 0.2) is 22.8 Å². The van der Waals surface area contributed by atoms with Gasteiger partial charge in [-0.25, -0.2) is 4.98 Å². The molecule has 1 atom stereocenters. The number of carbonyl (C=O) groups is 2. The van der Waals surface area contributed by atoms with Crippen LogP contribution in [0.4, 0.5) is 0 Å². The molecule has 0 aliphatic heterocycles. The average Bonchev–Trinajstić information content (AvgIpc) is 2.35. The number of hydrogen-bond donors (Lipinski definition) is 1. The van der Waals surface area contributed by atoms with E-state index in [-0.39, 0.29) is 18.1 Å². The molecule has 0 aliphatic carbocycles. The fourth-order valence-corrected chi connectivity index (χ4v) is 1.81. The number of aromatic nitrogens is 1. The van der Waals surface area contributed by atoms with E-state index >= 15 is 0 Å². The first kappa shape index (κ1) is 14.1. The topological polar surface area (TPSA) is 68.3 Å². The van der Waals surface area contributed by atoms with Crippen LogP contribution < -0.4 is 5.32 Å². The summed E-state index contributed by atoms with van der Waals surface area (Å²) in [6.45, 7) is 0.133. The van der Waals surface area contributed by atoms with Gasteiger partial charge in [0.2, 0.25) is 0 Å². The predicted octanol–water partition coefficient (Wildman–Crippen LogP) is 1.51. The van der Waals surface area contributed by atoms with E-state index in [4.69, 9.17) is 0 Å². The van der Waals surface area contributed by atoms with Crippen LogP contribution in [0.3, 0.4) is 0 Å². The number of carbonyl (C=O) groups excluding carboxylic acids is 2. The number of halogens is 2. The maximum atomic E-state index is 11.7. The van der Waals surface area contributed by atoms with E-state index in [9.17, 15) is 9.59 Å². The van der Waals surface area contributed by atoms with Gasteiger partial charge in [0.05, 0.1) is 7.11 Å². The number of esters is 1. The van der Waals surface area contributed by atoms with Crippen molar-refractivity contribution in [3.05, 3.63) is 28.5 Å². The van der Waals surface area contributed by atoms with Crippen LogP contribution in [-0.4, -0.2) is 35.3 Å². The average molecular weight is 366 g/mol. The summed E-state index contributed by atoms with van der Waals surface area (Å²) in [5.41, 5.74) is 0.275. The standard InChI is InChI=1S/C10H10Br2N2O3/c1-17-10(16)7(12)5-14-9(15)8-6(11)3-2-4-13-8/h2-4,7H,5H2,1H3,(H,14,15). The Balaban J connectivity index is 2.57. The minimum Gasteiger partial charge on any atom is -0.468 e. The molecule has 0 fully saturated rings. The van der Waals surface area contributed by atoms with Gasteiger partial charge in [0.15, 0.2) is 0 Å². The number of pyridine rings is 1. The van der Waals surface area contributed by atoms with Gasteiger partial charge in [-0.1, -0.05) is 15.9 Å². The fourth-order valence-electron chi connectivity index (χ4n) is 1.03. The van der Waals surface area contributed by atoms with E-state index in [0.29, 0.717) is 4.47 Å². The van der Waals surface area contributed by atoms with Crippen LogP contribution in [0.2, 0.25) is 0 Å². The van der Waals surface area contributed by atoms with Gasteiger partial charge in [0.1, 0.15) is 10.5 Å². The van der Waals surface area contributed by atoms with E-state index in [0.717, 1.165) is 0 Å². The van der Waals surface area contributed by atoms with Gasteiger partial charge in [0.25, 0.3) is 5.91 Å². The molecule has 0 spiro atoms. The van der Waals surface area contributed by atoms with E-state index in [1.165, 1.54) is 13.3 Å². The third-order valence-electron chi connectivity index (χ3n) is 1.87. The minimum atomic E-state index is -0.570. The molecule has 1 unspecified atom stereocenters. The zero-order valence-corrected chi connectivity index (χ0v) is 12.1. The Morgan fingerprint density at radius 3 is 2.88 bits per heavy atom. The molecule has 17 heavy (non-hydrogen) atoms. The lowest BCUT2D eigenvalue weighted by molar-refractivity contribution is -0.139. The number of nitrogens with zero attached hydrogens (tertiary/aromatic N) is 1. The minimum absolute atomic E-state index is 0.133. The van der Waals surface area contributed by atoms with E-state index in [1.807, 2.05) is 0 Å². The second kappa shape index (κ2) is 6.70. The second-order valence-corrected chi connectivity index (χ2v) is 4.99. The highest BCUT2D eigenvalue weighted by molar-refractivity contribution is 9.10. The first-order valence-electron chi connectivity index (χ1n) is 4.67. The molecule has 7 heteroatoms. The molecular weight excluding hydrogens is 356 g/mol. The van der Waals surface area contributed by atoms with E-state index in [1.54, 1.807) is 12.1 Å². The van der Waals surface area contributed by atoms with Crippen molar-refractivity contribution in [1.82, 2.24) is 10.3 Å². The molecule has 0 aliphatic rings. The number of amides is 1. The molecule has 0 aromatic carbocycles. The van der Waals surface area contributed by atoms with Crippen molar-refractivity contribution in [2.24, 2.45) is 0 Å². The van der Waals surface area contributed by atoms with Gasteiger partial charge in [-0.2, -0.15) is 0 Å². The maximum absolute atomic E-state index is 11.7. The smallest absolute Gasteiger partial charge is 0.321 e. The molecule has 0 radical (unpaired) electrons. The van der Waals surface area contributed by atoms with Crippen molar-refractivity contribution >= 4 is 43.7 Å². The molecular formula is C10H10Br2N2O3. The number of alkyl halides is 1. The highest BCUT2D eigenvalue weighted by atomic mass is 79.9. The van der Waals surface area contributed by atoms with Crippen molar-refractivity contribution in [3.63, 3.8) is 0 Å². The first-order valence-corrected chi connectivity index (χ1v) is 6.37. The molecule has 1 amide bonds. The summed E-state index contributed by atoms with van der Waals surface area (Å²) in [4.78, 5) is 26.1. The number of nitrogens with one attached hydrogen (secondary N) is 1. The Hall–Kier alpha value is -0.950. The van der Waals surface area contributed by atoms with Gasteiger partial charge in [-0.3, -0.25) is 9.59 Å². The Morgan fingerprint density at radius 1 is 1.59 bits per heavy atom. The van der Waals surface area contributed by atoms with Gasteiger partial charge in [0, 0.05) is 17.2 Å². The van der Waals surface area contributed by atoms with Crippen LogP contribution in [0.1, 0.15) is 10.5 Å². The summed E-state index contributed by atoms with van der Waals surface area (Å²) in [7, 11) is 1.29. The quantitative estimate of drug-likeness (QED) is 0.648. The molecule has 1 rings (SSSR count). The third-order valence-corrected chi connectivity index (χ3v) is 3.21. The summed E-state index contributed by atoms with van der Waals surface area (Å²) in [5.74, 6) is -0.795. The molecule has 92 valence electrons. The lowest BCUT2D eigenvalue weighted by Gasteiger charge is -2.09. The van der Waals surface area contributed by atoms with Crippen LogP contribution >= 0.6 is 31.9 Å². The number of methoxy groups -OCH3 is 1. The number of rotatable bonds is 4. The van der Waals surface area contributed by atoms with Crippen LogP contribution in [-0.2, 0) is 9.53 Å². The third kappa shape index (κ3) is 4.08. The Kier molecular flexibility index (Phi) is 5.57. The highest BCUT2D eigenvalue weighted by Crippen LogP contribution is 2.12. The van der Waals surface area contributed by atoms with Gasteiger partial charge >= 0.3 is 5.97 Å². The molecule has 1 aromatic heterocycles. The summed E-state index contributed by atoms with van der Waals surface area (Å²) in [6.07, 6.45) is 1.52. The van der Waals surface area contributed by atoms with Gasteiger partial charge in [-0.05, 0) is 28.1 Å². The summed E-state index contributed by atoms with van der Waals surface area (Å²) < 4.78 is 5.11. The highest BCUT2D eigenvalue weighted by Gasteiger charge is 2.17. The van der Waals surface area contributed by atoms with Crippen molar-refractivity contribution in [3.8, 4) is 0 Å². The van der Waals surface area contributed by atoms with Crippen LogP contribution in [0.25, 0.3) is 0 Å². The molecule has 1 heterocycles. The van der Waals surface area contributed by atoms with Crippen LogP contribution in [0.5, 0.6) is 0 Å². The van der Waals surface area contributed by atoms with Gasteiger partial charge in [-0.15, -0.1) is 0 Å². The first-order chi connectivity index (χ1) is 8.06. The summed E-state index contributed by atoms with van der Waals surface area (Å²) >= 11 is 6.32. The second-order valence-electron chi connectivity index (χ2n) is 3.03. The van der Waals surface area contributed by atoms with Crippen molar-refractivity contribution in [1.29, 1.82) is 0 Å². The summed E-state index contributed by atoms with van der Waals surface area (Å²) in [6, 6.07) is 3.43. The zero-order chi connectivity index (χ0) is 12.8. The van der Waals surface area contributed by atoms with E-state index < -0.39 is 10.8 Å². The van der Waals surface area contributed by atoms with E-state index in [2.05, 4.69) is 46.9 Å². The SMILES string of the molecule is COC(=O)C(Br)CNC(=O)c1ncccc1Br. The lowest BCUT2D eigenvalue weighted by atomic mass is 10.3.